The molecule has 1 aromatic heterocycles. The normalized spacial score (nSPS) is 10.5. The van der Waals surface area contributed by atoms with Crippen molar-refractivity contribution in [2.45, 2.75) is 19.4 Å². The zero-order valence-corrected chi connectivity index (χ0v) is 12.1. The molecule has 0 aliphatic rings. The Hall–Kier alpha value is -2.47. The first-order valence-corrected chi connectivity index (χ1v) is 7.04. The van der Waals surface area contributed by atoms with Crippen LogP contribution in [0.25, 0.3) is 0 Å². The molecule has 0 aliphatic heterocycles. The van der Waals surface area contributed by atoms with Crippen LogP contribution in [0.1, 0.15) is 18.4 Å². The van der Waals surface area contributed by atoms with E-state index in [4.69, 9.17) is 5.73 Å². The highest BCUT2D eigenvalue weighted by atomic mass is 19.1. The summed E-state index contributed by atoms with van der Waals surface area (Å²) in [5.74, 6) is -0.556. The van der Waals surface area contributed by atoms with Gasteiger partial charge in [0.25, 0.3) is 5.56 Å². The van der Waals surface area contributed by atoms with E-state index in [1.54, 1.807) is 30.5 Å². The van der Waals surface area contributed by atoms with Gasteiger partial charge in [0.1, 0.15) is 11.5 Å². The molecule has 1 aromatic carbocycles. The first-order chi connectivity index (χ1) is 10.6. The zero-order valence-electron chi connectivity index (χ0n) is 12.1. The van der Waals surface area contributed by atoms with Gasteiger partial charge < -0.3 is 15.6 Å². The molecule has 0 atom stereocenters. The smallest absolute Gasteiger partial charge is 0.274 e. The quantitative estimate of drug-likeness (QED) is 0.853. The number of pyridine rings is 1. The Morgan fingerprint density at radius 1 is 1.23 bits per heavy atom. The van der Waals surface area contributed by atoms with Gasteiger partial charge in [-0.3, -0.25) is 9.59 Å². The van der Waals surface area contributed by atoms with Crippen molar-refractivity contribution in [3.8, 4) is 0 Å². The van der Waals surface area contributed by atoms with Gasteiger partial charge >= 0.3 is 0 Å². The van der Waals surface area contributed by atoms with E-state index in [1.807, 2.05) is 0 Å². The van der Waals surface area contributed by atoms with Gasteiger partial charge in [-0.2, -0.15) is 0 Å². The molecule has 6 heteroatoms. The Morgan fingerprint density at radius 2 is 1.95 bits per heavy atom. The van der Waals surface area contributed by atoms with Crippen LogP contribution in [0.2, 0.25) is 0 Å². The molecule has 0 saturated heterocycles. The third kappa shape index (κ3) is 4.26. The van der Waals surface area contributed by atoms with E-state index in [-0.39, 0.29) is 29.4 Å². The maximum atomic E-state index is 12.9. The van der Waals surface area contributed by atoms with Crippen LogP contribution in [0.3, 0.4) is 0 Å². The number of anilines is 1. The van der Waals surface area contributed by atoms with Crippen molar-refractivity contribution in [2.24, 2.45) is 5.73 Å². The van der Waals surface area contributed by atoms with E-state index in [2.05, 4.69) is 5.32 Å². The van der Waals surface area contributed by atoms with Crippen LogP contribution in [0, 0.1) is 5.82 Å². The largest absolute Gasteiger partial charge is 0.330 e. The van der Waals surface area contributed by atoms with Crippen molar-refractivity contribution in [1.82, 2.24) is 4.57 Å². The summed E-state index contributed by atoms with van der Waals surface area (Å²) in [7, 11) is 0. The minimum atomic E-state index is -0.322. The second kappa shape index (κ2) is 7.51. The number of benzene rings is 1. The number of carbonyl (C=O) groups excluding carboxylic acids is 1. The summed E-state index contributed by atoms with van der Waals surface area (Å²) in [6, 6.07) is 9.17. The molecule has 0 bridgehead atoms. The first kappa shape index (κ1) is 15.9. The van der Waals surface area contributed by atoms with Crippen LogP contribution < -0.4 is 16.6 Å². The standard InChI is InChI=1S/C16H18FN3O2/c17-13-7-5-12(6-8-13)11-20-10-2-3-14(16(20)22)19-15(21)4-1-9-18/h2-3,5-8,10H,1,4,9,11,18H2,(H,19,21). The number of amides is 1. The molecule has 0 fully saturated rings. The molecule has 0 unspecified atom stereocenters. The van der Waals surface area contributed by atoms with Crippen molar-refractivity contribution < 1.29 is 9.18 Å². The molecule has 5 nitrogen and oxygen atoms in total. The Morgan fingerprint density at radius 3 is 2.64 bits per heavy atom. The van der Waals surface area contributed by atoms with Crippen molar-refractivity contribution in [1.29, 1.82) is 0 Å². The molecule has 0 radical (unpaired) electrons. The molecule has 1 heterocycles. The monoisotopic (exact) mass is 303 g/mol. The zero-order chi connectivity index (χ0) is 15.9. The number of nitrogens with one attached hydrogen (secondary N) is 1. The molecular weight excluding hydrogens is 285 g/mol. The van der Waals surface area contributed by atoms with E-state index in [0.29, 0.717) is 19.5 Å². The summed E-state index contributed by atoms with van der Waals surface area (Å²) in [4.78, 5) is 24.0. The van der Waals surface area contributed by atoms with E-state index in [1.165, 1.54) is 16.7 Å². The predicted octanol–water partition coefficient (Wildman–Crippen LogP) is 1.71. The summed E-state index contributed by atoms with van der Waals surface area (Å²) in [6.07, 6.45) is 2.48. The Balaban J connectivity index is 2.13. The highest BCUT2D eigenvalue weighted by Crippen LogP contribution is 2.06. The lowest BCUT2D eigenvalue weighted by Gasteiger charge is -2.09. The van der Waals surface area contributed by atoms with Gasteiger partial charge in [0.05, 0.1) is 6.54 Å². The van der Waals surface area contributed by atoms with Gasteiger partial charge in [-0.25, -0.2) is 4.39 Å². The fraction of sp³-hybridized carbons (Fsp3) is 0.250. The minimum absolute atomic E-state index is 0.228. The highest BCUT2D eigenvalue weighted by Gasteiger charge is 2.07. The topological polar surface area (TPSA) is 77.1 Å². The van der Waals surface area contributed by atoms with Crippen molar-refractivity contribution >= 4 is 11.6 Å². The summed E-state index contributed by atoms with van der Waals surface area (Å²) >= 11 is 0. The summed E-state index contributed by atoms with van der Waals surface area (Å²) in [6.45, 7) is 0.739. The summed E-state index contributed by atoms with van der Waals surface area (Å²) in [5.41, 5.74) is 6.08. The Kier molecular flexibility index (Phi) is 5.43. The maximum absolute atomic E-state index is 12.9. The van der Waals surface area contributed by atoms with Crippen LogP contribution in [-0.2, 0) is 11.3 Å². The highest BCUT2D eigenvalue weighted by molar-refractivity contribution is 5.90. The van der Waals surface area contributed by atoms with E-state index >= 15 is 0 Å². The Labute approximate surface area is 127 Å². The number of rotatable bonds is 6. The molecule has 0 spiro atoms. The summed E-state index contributed by atoms with van der Waals surface area (Å²) < 4.78 is 14.4. The number of nitrogens with zero attached hydrogens (tertiary/aromatic N) is 1. The second-order valence-electron chi connectivity index (χ2n) is 4.92. The van der Waals surface area contributed by atoms with Gasteiger partial charge in [0, 0.05) is 12.6 Å². The van der Waals surface area contributed by atoms with Crippen LogP contribution in [0.5, 0.6) is 0 Å². The second-order valence-corrected chi connectivity index (χ2v) is 4.92. The van der Waals surface area contributed by atoms with Crippen molar-refractivity contribution in [2.75, 3.05) is 11.9 Å². The molecule has 0 aliphatic carbocycles. The average Bonchev–Trinajstić information content (AvgIpc) is 2.51. The minimum Gasteiger partial charge on any atom is -0.330 e. The molecule has 3 N–H and O–H groups in total. The third-order valence-electron chi connectivity index (χ3n) is 3.17. The molecule has 116 valence electrons. The SMILES string of the molecule is NCCCC(=O)Nc1cccn(Cc2ccc(F)cc2)c1=O. The average molecular weight is 303 g/mol. The van der Waals surface area contributed by atoms with Gasteiger partial charge in [-0.05, 0) is 42.8 Å². The molecular formula is C16H18FN3O2. The van der Waals surface area contributed by atoms with Gasteiger partial charge in [0.2, 0.25) is 5.91 Å². The number of hydrogen-bond acceptors (Lipinski definition) is 3. The molecule has 0 saturated carbocycles. The predicted molar refractivity (Wildman–Crippen MR) is 83.1 cm³/mol. The number of halogens is 1. The molecule has 22 heavy (non-hydrogen) atoms. The number of carbonyl (C=O) groups is 1. The maximum Gasteiger partial charge on any atom is 0.274 e. The number of nitrogens with two attached hydrogens (primary N) is 1. The van der Waals surface area contributed by atoms with E-state index in [9.17, 15) is 14.0 Å². The number of hydrogen-bond donors (Lipinski definition) is 2. The van der Waals surface area contributed by atoms with E-state index in [0.717, 1.165) is 5.56 Å². The van der Waals surface area contributed by atoms with E-state index < -0.39 is 0 Å². The van der Waals surface area contributed by atoms with Gasteiger partial charge in [0.15, 0.2) is 0 Å². The van der Waals surface area contributed by atoms with Crippen LogP contribution in [0.15, 0.2) is 47.4 Å². The molecule has 2 rings (SSSR count). The fourth-order valence-corrected chi connectivity index (χ4v) is 2.02. The summed E-state index contributed by atoms with van der Waals surface area (Å²) in [5, 5.41) is 2.59. The van der Waals surface area contributed by atoms with Gasteiger partial charge in [-0.15, -0.1) is 0 Å². The Bertz CT molecular complexity index is 695. The molecule has 2 aromatic rings. The third-order valence-corrected chi connectivity index (χ3v) is 3.17. The van der Waals surface area contributed by atoms with Gasteiger partial charge in [-0.1, -0.05) is 12.1 Å². The molecule has 1 amide bonds. The lowest BCUT2D eigenvalue weighted by molar-refractivity contribution is -0.116. The van der Waals surface area contributed by atoms with Crippen LogP contribution in [0.4, 0.5) is 10.1 Å². The number of aromatic nitrogens is 1. The lowest BCUT2D eigenvalue weighted by Crippen LogP contribution is -2.26. The fourth-order valence-electron chi connectivity index (χ4n) is 2.02. The first-order valence-electron chi connectivity index (χ1n) is 7.04. The van der Waals surface area contributed by atoms with Crippen molar-refractivity contribution in [3.63, 3.8) is 0 Å². The van der Waals surface area contributed by atoms with Crippen LogP contribution in [-0.4, -0.2) is 17.0 Å². The van der Waals surface area contributed by atoms with Crippen molar-refractivity contribution in [3.05, 3.63) is 64.3 Å². The lowest BCUT2D eigenvalue weighted by atomic mass is 10.2. The van der Waals surface area contributed by atoms with Crippen LogP contribution >= 0.6 is 0 Å².